The summed E-state index contributed by atoms with van der Waals surface area (Å²) in [7, 11) is 1.85. The third-order valence-electron chi connectivity index (χ3n) is 3.16. The number of benzene rings is 1. The zero-order chi connectivity index (χ0) is 13.0. The van der Waals surface area contributed by atoms with Gasteiger partial charge >= 0.3 is 0 Å². The molecule has 0 aromatic heterocycles. The van der Waals surface area contributed by atoms with Crippen LogP contribution >= 0.6 is 15.9 Å². The van der Waals surface area contributed by atoms with E-state index in [1.165, 1.54) is 11.1 Å². The van der Waals surface area contributed by atoms with Crippen molar-refractivity contribution in [2.45, 2.75) is 32.4 Å². The molecule has 0 aliphatic carbocycles. The second-order valence-corrected chi connectivity index (χ2v) is 5.23. The Balaban J connectivity index is 3.02. The molecule has 1 rings (SSSR count). The molecule has 3 nitrogen and oxygen atoms in total. The van der Waals surface area contributed by atoms with Crippen molar-refractivity contribution in [1.82, 2.24) is 5.32 Å². The van der Waals surface area contributed by atoms with Crippen molar-refractivity contribution in [3.8, 4) is 0 Å². The first kappa shape index (κ1) is 14.6. The van der Waals surface area contributed by atoms with Gasteiger partial charge in [-0.05, 0) is 56.6 Å². The van der Waals surface area contributed by atoms with Crippen LogP contribution in [0.5, 0.6) is 0 Å². The second-order valence-electron chi connectivity index (χ2n) is 4.38. The summed E-state index contributed by atoms with van der Waals surface area (Å²) in [5.41, 5.74) is 8.87. The van der Waals surface area contributed by atoms with Crippen LogP contribution in [-0.2, 0) is 0 Å². The number of hydrogen-bond donors (Lipinski definition) is 3. The van der Waals surface area contributed by atoms with Gasteiger partial charge in [0.25, 0.3) is 0 Å². The highest BCUT2D eigenvalue weighted by atomic mass is 79.9. The van der Waals surface area contributed by atoms with Crippen LogP contribution in [0, 0.1) is 13.8 Å². The van der Waals surface area contributed by atoms with Crippen molar-refractivity contribution < 1.29 is 5.11 Å². The maximum Gasteiger partial charge on any atom is 0.0954 e. The maximum atomic E-state index is 10.4. The Labute approximate surface area is 112 Å². The van der Waals surface area contributed by atoms with E-state index in [0.717, 1.165) is 16.5 Å². The topological polar surface area (TPSA) is 58.3 Å². The lowest BCUT2D eigenvalue weighted by molar-refractivity contribution is 0.128. The number of aryl methyl sites for hydroxylation is 2. The monoisotopic (exact) mass is 300 g/mol. The van der Waals surface area contributed by atoms with E-state index in [4.69, 9.17) is 5.73 Å². The molecule has 0 amide bonds. The van der Waals surface area contributed by atoms with E-state index in [1.54, 1.807) is 0 Å². The summed E-state index contributed by atoms with van der Waals surface area (Å²) in [5.74, 6) is 0. The minimum Gasteiger partial charge on any atom is -0.387 e. The van der Waals surface area contributed by atoms with Gasteiger partial charge in [-0.2, -0.15) is 0 Å². The average molecular weight is 301 g/mol. The zero-order valence-corrected chi connectivity index (χ0v) is 12.2. The predicted octanol–water partition coefficient (Wildman–Crippen LogP) is 2.04. The van der Waals surface area contributed by atoms with Crippen LogP contribution in [0.3, 0.4) is 0 Å². The molecule has 0 fully saturated rings. The van der Waals surface area contributed by atoms with Crippen molar-refractivity contribution in [3.05, 3.63) is 33.3 Å². The third kappa shape index (κ3) is 3.52. The van der Waals surface area contributed by atoms with Gasteiger partial charge in [0.1, 0.15) is 0 Å². The lowest BCUT2D eigenvalue weighted by atomic mass is 9.96. The van der Waals surface area contributed by atoms with Gasteiger partial charge in [-0.25, -0.2) is 0 Å². The van der Waals surface area contributed by atoms with Crippen molar-refractivity contribution in [2.75, 3.05) is 13.6 Å². The molecule has 0 saturated heterocycles. The summed E-state index contributed by atoms with van der Waals surface area (Å²) in [5, 5.41) is 13.5. The number of hydrogen-bond acceptors (Lipinski definition) is 3. The molecular weight excluding hydrogens is 280 g/mol. The Kier molecular flexibility index (Phi) is 5.59. The van der Waals surface area contributed by atoms with Gasteiger partial charge in [0.15, 0.2) is 0 Å². The fourth-order valence-electron chi connectivity index (χ4n) is 1.89. The summed E-state index contributed by atoms with van der Waals surface area (Å²) in [4.78, 5) is 0. The highest BCUT2D eigenvalue weighted by molar-refractivity contribution is 9.10. The highest BCUT2D eigenvalue weighted by Crippen LogP contribution is 2.29. The molecule has 0 bridgehead atoms. The SMILES string of the molecule is CNC(CCN)C(O)c1cc(C)c(C)cc1Br. The summed E-state index contributed by atoms with van der Waals surface area (Å²) in [6.45, 7) is 4.67. The van der Waals surface area contributed by atoms with E-state index in [0.29, 0.717) is 6.54 Å². The standard InChI is InChI=1S/C13H21BrN2O/c1-8-6-10(11(14)7-9(8)2)13(17)12(16-3)4-5-15/h6-7,12-13,16-17H,4-5,15H2,1-3H3. The van der Waals surface area contributed by atoms with Crippen LogP contribution in [-0.4, -0.2) is 24.7 Å². The van der Waals surface area contributed by atoms with Gasteiger partial charge in [-0.15, -0.1) is 0 Å². The molecule has 0 aliphatic heterocycles. The molecule has 0 aliphatic rings. The Hall–Kier alpha value is -0.420. The summed E-state index contributed by atoms with van der Waals surface area (Å²) >= 11 is 3.51. The lowest BCUT2D eigenvalue weighted by Crippen LogP contribution is -2.34. The molecule has 96 valence electrons. The summed E-state index contributed by atoms with van der Waals surface area (Å²) in [6, 6.07) is 4.06. The van der Waals surface area contributed by atoms with E-state index in [2.05, 4.69) is 35.1 Å². The van der Waals surface area contributed by atoms with Crippen molar-refractivity contribution in [3.63, 3.8) is 0 Å². The molecular formula is C13H21BrN2O. The molecule has 2 atom stereocenters. The Morgan fingerprint density at radius 1 is 1.35 bits per heavy atom. The fraction of sp³-hybridized carbons (Fsp3) is 0.538. The minimum absolute atomic E-state index is 0.0154. The quantitative estimate of drug-likeness (QED) is 0.780. The van der Waals surface area contributed by atoms with E-state index in [9.17, 15) is 5.11 Å². The minimum atomic E-state index is -0.544. The van der Waals surface area contributed by atoms with Crippen LogP contribution < -0.4 is 11.1 Å². The number of aliphatic hydroxyl groups excluding tert-OH is 1. The van der Waals surface area contributed by atoms with Gasteiger partial charge in [-0.1, -0.05) is 22.0 Å². The molecule has 2 unspecified atom stereocenters. The Bertz CT molecular complexity index is 382. The summed E-state index contributed by atoms with van der Waals surface area (Å²) in [6.07, 6.45) is 0.203. The van der Waals surface area contributed by atoms with Crippen LogP contribution in [0.15, 0.2) is 16.6 Å². The van der Waals surface area contributed by atoms with Crippen LogP contribution in [0.4, 0.5) is 0 Å². The van der Waals surface area contributed by atoms with Crippen LogP contribution in [0.1, 0.15) is 29.2 Å². The molecule has 0 heterocycles. The largest absolute Gasteiger partial charge is 0.387 e. The number of aliphatic hydroxyl groups is 1. The third-order valence-corrected chi connectivity index (χ3v) is 3.85. The molecule has 17 heavy (non-hydrogen) atoms. The predicted molar refractivity (Wildman–Crippen MR) is 75.1 cm³/mol. The fourth-order valence-corrected chi connectivity index (χ4v) is 2.58. The van der Waals surface area contributed by atoms with E-state index in [-0.39, 0.29) is 6.04 Å². The molecule has 1 aromatic carbocycles. The number of halogens is 1. The second kappa shape index (κ2) is 6.50. The maximum absolute atomic E-state index is 10.4. The normalized spacial score (nSPS) is 14.7. The molecule has 1 aromatic rings. The van der Waals surface area contributed by atoms with E-state index >= 15 is 0 Å². The first-order valence-electron chi connectivity index (χ1n) is 5.83. The van der Waals surface area contributed by atoms with Gasteiger partial charge in [0.05, 0.1) is 6.10 Å². The number of nitrogens with one attached hydrogen (secondary N) is 1. The average Bonchev–Trinajstić information content (AvgIpc) is 2.30. The van der Waals surface area contributed by atoms with Gasteiger partial charge in [0.2, 0.25) is 0 Å². The van der Waals surface area contributed by atoms with Crippen LogP contribution in [0.25, 0.3) is 0 Å². The Morgan fingerprint density at radius 2 is 1.94 bits per heavy atom. The van der Waals surface area contributed by atoms with Crippen molar-refractivity contribution >= 4 is 15.9 Å². The van der Waals surface area contributed by atoms with Gasteiger partial charge in [0, 0.05) is 10.5 Å². The zero-order valence-electron chi connectivity index (χ0n) is 10.6. The van der Waals surface area contributed by atoms with Crippen molar-refractivity contribution in [1.29, 1.82) is 0 Å². The lowest BCUT2D eigenvalue weighted by Gasteiger charge is -2.24. The number of nitrogens with two attached hydrogens (primary N) is 1. The molecule has 0 radical (unpaired) electrons. The smallest absolute Gasteiger partial charge is 0.0954 e. The van der Waals surface area contributed by atoms with Crippen molar-refractivity contribution in [2.24, 2.45) is 5.73 Å². The molecule has 0 saturated carbocycles. The van der Waals surface area contributed by atoms with Gasteiger partial charge < -0.3 is 16.2 Å². The van der Waals surface area contributed by atoms with E-state index < -0.39 is 6.10 Å². The first-order valence-corrected chi connectivity index (χ1v) is 6.62. The van der Waals surface area contributed by atoms with Crippen LogP contribution in [0.2, 0.25) is 0 Å². The highest BCUT2D eigenvalue weighted by Gasteiger charge is 2.21. The summed E-state index contributed by atoms with van der Waals surface area (Å²) < 4.78 is 0.949. The number of likely N-dealkylation sites (N-methyl/N-ethyl adjacent to an activating group) is 1. The molecule has 4 heteroatoms. The van der Waals surface area contributed by atoms with E-state index in [1.807, 2.05) is 19.2 Å². The molecule has 0 spiro atoms. The first-order chi connectivity index (χ1) is 8.01. The van der Waals surface area contributed by atoms with Gasteiger partial charge in [-0.3, -0.25) is 0 Å². The number of rotatable bonds is 5. The Morgan fingerprint density at radius 3 is 2.47 bits per heavy atom. The molecule has 4 N–H and O–H groups in total.